The van der Waals surface area contributed by atoms with Gasteiger partial charge in [-0.3, -0.25) is 4.79 Å². The molecule has 4 rings (SSSR count). The van der Waals surface area contributed by atoms with Crippen LogP contribution in [0.15, 0.2) is 36.4 Å². The molecular formula is C15H13FN6O. The highest BCUT2D eigenvalue weighted by atomic mass is 19.1. The van der Waals surface area contributed by atoms with Crippen molar-refractivity contribution in [2.24, 2.45) is 0 Å². The second kappa shape index (κ2) is 5.31. The second-order valence-corrected chi connectivity index (χ2v) is 5.24. The van der Waals surface area contributed by atoms with Gasteiger partial charge in [-0.2, -0.15) is 4.52 Å². The Balaban J connectivity index is 1.80. The van der Waals surface area contributed by atoms with E-state index < -0.39 is 0 Å². The molecule has 116 valence electrons. The number of halogens is 1. The Hall–Kier alpha value is -3.03. The predicted molar refractivity (Wildman–Crippen MR) is 81.4 cm³/mol. The van der Waals surface area contributed by atoms with Crippen LogP contribution < -0.4 is 10.2 Å². The topological polar surface area (TPSA) is 75.4 Å². The molecule has 2 aromatic heterocycles. The Morgan fingerprint density at radius 3 is 2.83 bits per heavy atom. The Kier molecular flexibility index (Phi) is 3.14. The lowest BCUT2D eigenvalue weighted by Crippen LogP contribution is -2.48. The van der Waals surface area contributed by atoms with E-state index in [0.717, 1.165) is 0 Å². The number of rotatable bonds is 2. The minimum absolute atomic E-state index is 0.0452. The van der Waals surface area contributed by atoms with Crippen molar-refractivity contribution in [1.29, 1.82) is 0 Å². The zero-order chi connectivity index (χ0) is 15.8. The van der Waals surface area contributed by atoms with Crippen LogP contribution in [0.4, 0.5) is 10.2 Å². The van der Waals surface area contributed by atoms with Gasteiger partial charge in [-0.25, -0.2) is 4.39 Å². The maximum atomic E-state index is 14.0. The minimum atomic E-state index is -0.383. The summed E-state index contributed by atoms with van der Waals surface area (Å²) in [6, 6.07) is 9.90. The number of carbonyl (C=O) groups excluding carboxylic acids is 1. The maximum Gasteiger partial charge on any atom is 0.239 e. The molecule has 1 amide bonds. The summed E-state index contributed by atoms with van der Waals surface area (Å²) in [5.74, 6) is 0.536. The summed E-state index contributed by atoms with van der Waals surface area (Å²) in [4.78, 5) is 13.4. The van der Waals surface area contributed by atoms with E-state index in [1.807, 2.05) is 4.90 Å². The molecule has 23 heavy (non-hydrogen) atoms. The summed E-state index contributed by atoms with van der Waals surface area (Å²) in [6.07, 6.45) is 0. The first kappa shape index (κ1) is 13.6. The first-order valence-electron chi connectivity index (χ1n) is 7.21. The van der Waals surface area contributed by atoms with E-state index >= 15 is 0 Å². The molecule has 1 N–H and O–H groups in total. The van der Waals surface area contributed by atoms with E-state index in [9.17, 15) is 9.18 Å². The molecule has 1 aliphatic heterocycles. The molecule has 3 aromatic rings. The Morgan fingerprint density at radius 1 is 1.13 bits per heavy atom. The van der Waals surface area contributed by atoms with E-state index in [1.54, 1.807) is 30.3 Å². The largest absolute Gasteiger partial charge is 0.353 e. The van der Waals surface area contributed by atoms with Crippen LogP contribution >= 0.6 is 0 Å². The quantitative estimate of drug-likeness (QED) is 0.760. The number of benzene rings is 1. The lowest BCUT2D eigenvalue weighted by Gasteiger charge is -2.27. The molecule has 1 fully saturated rings. The smallest absolute Gasteiger partial charge is 0.239 e. The number of fused-ring (bicyclic) bond motifs is 1. The van der Waals surface area contributed by atoms with Crippen molar-refractivity contribution in [3.8, 4) is 11.4 Å². The van der Waals surface area contributed by atoms with E-state index in [1.165, 1.54) is 10.6 Å². The molecule has 0 radical (unpaired) electrons. The second-order valence-electron chi connectivity index (χ2n) is 5.24. The normalized spacial score (nSPS) is 15.0. The van der Waals surface area contributed by atoms with Crippen molar-refractivity contribution in [3.05, 3.63) is 42.2 Å². The standard InChI is InChI=1S/C15H13FN6O/c16-11-4-2-1-3-10(11)15-19-18-12-5-6-13(20-22(12)15)21-8-7-17-14(23)9-21/h1-6H,7-9H2,(H,17,23). The van der Waals surface area contributed by atoms with Gasteiger partial charge in [0.25, 0.3) is 0 Å². The summed E-state index contributed by atoms with van der Waals surface area (Å²) < 4.78 is 15.5. The molecule has 1 saturated heterocycles. The molecule has 1 aliphatic rings. The summed E-state index contributed by atoms with van der Waals surface area (Å²) >= 11 is 0. The molecule has 3 heterocycles. The van der Waals surface area contributed by atoms with Gasteiger partial charge < -0.3 is 10.2 Å². The highest BCUT2D eigenvalue weighted by molar-refractivity contribution is 5.82. The van der Waals surface area contributed by atoms with Gasteiger partial charge in [0.15, 0.2) is 11.5 Å². The van der Waals surface area contributed by atoms with Crippen molar-refractivity contribution >= 4 is 17.4 Å². The van der Waals surface area contributed by atoms with Gasteiger partial charge in [0.1, 0.15) is 11.6 Å². The molecule has 1 aromatic carbocycles. The van der Waals surface area contributed by atoms with Crippen LogP contribution in [0, 0.1) is 5.82 Å². The lowest BCUT2D eigenvalue weighted by atomic mass is 10.2. The first-order valence-corrected chi connectivity index (χ1v) is 7.21. The molecule has 0 bridgehead atoms. The van der Waals surface area contributed by atoms with Gasteiger partial charge in [0, 0.05) is 13.1 Å². The molecule has 0 atom stereocenters. The fraction of sp³-hybridized carbons (Fsp3) is 0.200. The zero-order valence-electron chi connectivity index (χ0n) is 12.1. The highest BCUT2D eigenvalue weighted by Gasteiger charge is 2.19. The highest BCUT2D eigenvalue weighted by Crippen LogP contribution is 2.22. The van der Waals surface area contributed by atoms with Gasteiger partial charge in [0.2, 0.25) is 5.91 Å². The van der Waals surface area contributed by atoms with Crippen molar-refractivity contribution in [3.63, 3.8) is 0 Å². The summed E-state index contributed by atoms with van der Waals surface area (Å²) in [5, 5.41) is 15.3. The molecule has 0 saturated carbocycles. The minimum Gasteiger partial charge on any atom is -0.353 e. The maximum absolute atomic E-state index is 14.0. The molecule has 0 aliphatic carbocycles. The summed E-state index contributed by atoms with van der Waals surface area (Å²) in [6.45, 7) is 1.48. The van der Waals surface area contributed by atoms with Gasteiger partial charge in [-0.15, -0.1) is 15.3 Å². The summed E-state index contributed by atoms with van der Waals surface area (Å²) in [5.41, 5.74) is 0.856. The van der Waals surface area contributed by atoms with Crippen molar-refractivity contribution < 1.29 is 9.18 Å². The molecule has 7 nitrogen and oxygen atoms in total. The number of nitrogens with one attached hydrogen (secondary N) is 1. The third kappa shape index (κ3) is 2.37. The van der Waals surface area contributed by atoms with Gasteiger partial charge >= 0.3 is 0 Å². The number of nitrogens with zero attached hydrogens (tertiary/aromatic N) is 5. The average molecular weight is 312 g/mol. The van der Waals surface area contributed by atoms with Crippen LogP contribution in [0.3, 0.4) is 0 Å². The van der Waals surface area contributed by atoms with Crippen LogP contribution in [0.25, 0.3) is 17.0 Å². The van der Waals surface area contributed by atoms with Crippen molar-refractivity contribution in [2.75, 3.05) is 24.5 Å². The van der Waals surface area contributed by atoms with Crippen molar-refractivity contribution in [2.45, 2.75) is 0 Å². The SMILES string of the molecule is O=C1CN(c2ccc3nnc(-c4ccccc4F)n3n2)CCN1. The Bertz CT molecular complexity index is 893. The molecular weight excluding hydrogens is 299 g/mol. The number of carbonyl (C=O) groups is 1. The van der Waals surface area contributed by atoms with E-state index in [0.29, 0.717) is 35.9 Å². The number of anilines is 1. The Labute approximate surface area is 130 Å². The predicted octanol–water partition coefficient (Wildman–Crippen LogP) is 0.867. The number of piperazine rings is 1. The zero-order valence-corrected chi connectivity index (χ0v) is 12.1. The van der Waals surface area contributed by atoms with Gasteiger partial charge in [-0.1, -0.05) is 12.1 Å². The van der Waals surface area contributed by atoms with Crippen LogP contribution in [0.1, 0.15) is 0 Å². The van der Waals surface area contributed by atoms with E-state index in [-0.39, 0.29) is 18.3 Å². The number of hydrogen-bond acceptors (Lipinski definition) is 5. The van der Waals surface area contributed by atoms with Crippen LogP contribution in [-0.4, -0.2) is 45.4 Å². The monoisotopic (exact) mass is 312 g/mol. The lowest BCUT2D eigenvalue weighted by molar-refractivity contribution is -0.120. The average Bonchev–Trinajstić information content (AvgIpc) is 2.98. The van der Waals surface area contributed by atoms with Crippen LogP contribution in [0.5, 0.6) is 0 Å². The van der Waals surface area contributed by atoms with Gasteiger partial charge in [0.05, 0.1) is 12.1 Å². The molecule has 0 spiro atoms. The number of aromatic nitrogens is 4. The van der Waals surface area contributed by atoms with Crippen LogP contribution in [-0.2, 0) is 4.79 Å². The number of amides is 1. The number of hydrogen-bond donors (Lipinski definition) is 1. The van der Waals surface area contributed by atoms with Crippen LogP contribution in [0.2, 0.25) is 0 Å². The summed E-state index contributed by atoms with van der Waals surface area (Å²) in [7, 11) is 0. The Morgan fingerprint density at radius 2 is 2.00 bits per heavy atom. The molecule has 0 unspecified atom stereocenters. The van der Waals surface area contributed by atoms with Gasteiger partial charge in [-0.05, 0) is 24.3 Å². The van der Waals surface area contributed by atoms with Crippen molar-refractivity contribution in [1.82, 2.24) is 25.1 Å². The third-order valence-corrected chi connectivity index (χ3v) is 3.73. The fourth-order valence-corrected chi connectivity index (χ4v) is 2.59. The van der Waals surface area contributed by atoms with E-state index in [4.69, 9.17) is 0 Å². The molecule has 8 heteroatoms. The first-order chi connectivity index (χ1) is 11.2. The third-order valence-electron chi connectivity index (χ3n) is 3.73. The fourth-order valence-electron chi connectivity index (χ4n) is 2.59. The van der Waals surface area contributed by atoms with E-state index in [2.05, 4.69) is 20.6 Å².